The zero-order valence-electron chi connectivity index (χ0n) is 20.3. The number of ether oxygens (including phenoxy) is 2. The second-order valence-electron chi connectivity index (χ2n) is 7.97. The van der Waals surface area contributed by atoms with E-state index in [2.05, 4.69) is 10.6 Å². The van der Waals surface area contributed by atoms with Crippen molar-refractivity contribution in [2.75, 3.05) is 24.8 Å². The Kier molecular flexibility index (Phi) is 9.77. The molecule has 0 unspecified atom stereocenters. The highest BCUT2D eigenvalue weighted by Gasteiger charge is 2.44. The number of hydrogen-bond acceptors (Lipinski definition) is 7. The number of allylic oxidation sites excluding steroid dienone is 1. The van der Waals surface area contributed by atoms with Crippen LogP contribution in [0, 0.1) is 17.2 Å². The molecule has 2 aromatic rings. The van der Waals surface area contributed by atoms with Crippen molar-refractivity contribution in [1.82, 2.24) is 5.32 Å². The number of halogens is 5. The molecular weight excluding hydrogens is 582 g/mol. The third-order valence-electron chi connectivity index (χ3n) is 5.50. The number of thioether (sulfide) groups is 1. The zero-order chi connectivity index (χ0) is 28.9. The first-order valence-electron chi connectivity index (χ1n) is 11.2. The number of anilines is 1. The van der Waals surface area contributed by atoms with Gasteiger partial charge in [-0.1, -0.05) is 41.0 Å². The van der Waals surface area contributed by atoms with E-state index in [-0.39, 0.29) is 27.1 Å². The van der Waals surface area contributed by atoms with Crippen LogP contribution in [0.2, 0.25) is 10.0 Å². The van der Waals surface area contributed by atoms with Crippen molar-refractivity contribution >= 4 is 58.4 Å². The van der Waals surface area contributed by atoms with Crippen molar-refractivity contribution in [3.05, 3.63) is 68.2 Å². The van der Waals surface area contributed by atoms with Crippen LogP contribution in [0.3, 0.4) is 0 Å². The van der Waals surface area contributed by atoms with E-state index in [1.807, 2.05) is 6.07 Å². The van der Waals surface area contributed by atoms with Gasteiger partial charge in [0.15, 0.2) is 0 Å². The predicted octanol–water partition coefficient (Wildman–Crippen LogP) is 5.52. The number of carbonyl (C=O) groups is 3. The SMILES string of the molecule is CCOc1ccc([C@H]2C(C#N)=C(SCC(=O)Nc3ccc(Cl)c(C(F)(F)F)c3)NC(=O)[C@@H]2C(=O)OC)cc1Cl. The van der Waals surface area contributed by atoms with Gasteiger partial charge in [-0.3, -0.25) is 14.4 Å². The Morgan fingerprint density at radius 2 is 1.90 bits per heavy atom. The van der Waals surface area contributed by atoms with Crippen molar-refractivity contribution in [2.24, 2.45) is 5.92 Å². The Balaban J connectivity index is 1.90. The molecule has 2 N–H and O–H groups in total. The van der Waals surface area contributed by atoms with E-state index in [0.29, 0.717) is 24.0 Å². The number of nitriles is 1. The largest absolute Gasteiger partial charge is 0.492 e. The number of methoxy groups -OCH3 is 1. The first kappa shape index (κ1) is 30.1. The van der Waals surface area contributed by atoms with Gasteiger partial charge in [0, 0.05) is 11.6 Å². The van der Waals surface area contributed by atoms with Gasteiger partial charge in [-0.2, -0.15) is 18.4 Å². The van der Waals surface area contributed by atoms with E-state index in [9.17, 15) is 32.8 Å². The van der Waals surface area contributed by atoms with Gasteiger partial charge in [0.1, 0.15) is 11.7 Å². The standard InChI is InChI=1S/C25H20Cl2F3N3O5S/c1-3-38-18-7-4-12(8-17(18)27)20-14(10-31)23(33-22(35)21(20)24(36)37-2)39-11-19(34)32-13-5-6-16(26)15(9-13)25(28,29)30/h4-9,20-21H,3,11H2,1-2H3,(H,32,34)(H,33,35)/t20-,21+/m0/s1. The van der Waals surface area contributed by atoms with Gasteiger partial charge in [0.25, 0.3) is 0 Å². The lowest BCUT2D eigenvalue weighted by Crippen LogP contribution is -2.44. The maximum atomic E-state index is 13.1. The smallest absolute Gasteiger partial charge is 0.417 e. The molecule has 0 fully saturated rings. The lowest BCUT2D eigenvalue weighted by Gasteiger charge is -2.31. The quantitative estimate of drug-likeness (QED) is 0.302. The first-order valence-corrected chi connectivity index (χ1v) is 12.9. The lowest BCUT2D eigenvalue weighted by atomic mass is 9.78. The molecule has 2 amide bonds. The molecule has 3 rings (SSSR count). The number of alkyl halides is 3. The topological polar surface area (TPSA) is 118 Å². The fourth-order valence-corrected chi connectivity index (χ4v) is 5.13. The van der Waals surface area contributed by atoms with Crippen LogP contribution < -0.4 is 15.4 Å². The summed E-state index contributed by atoms with van der Waals surface area (Å²) in [7, 11) is 1.10. The van der Waals surface area contributed by atoms with Gasteiger partial charge in [-0.25, -0.2) is 0 Å². The Morgan fingerprint density at radius 1 is 1.18 bits per heavy atom. The summed E-state index contributed by atoms with van der Waals surface area (Å²) in [6, 6.07) is 9.45. The van der Waals surface area contributed by atoms with E-state index in [1.165, 1.54) is 12.1 Å². The minimum absolute atomic E-state index is 0.0000955. The molecule has 0 radical (unpaired) electrons. The molecule has 0 aromatic heterocycles. The number of esters is 1. The monoisotopic (exact) mass is 601 g/mol. The van der Waals surface area contributed by atoms with Gasteiger partial charge in [0.05, 0.1) is 51.7 Å². The number of nitrogens with one attached hydrogen (secondary N) is 2. The van der Waals surface area contributed by atoms with Crippen molar-refractivity contribution < 1.29 is 37.0 Å². The number of benzene rings is 2. The molecule has 1 heterocycles. The molecule has 14 heteroatoms. The summed E-state index contributed by atoms with van der Waals surface area (Å²) in [6.07, 6.45) is -4.72. The van der Waals surface area contributed by atoms with Crippen molar-refractivity contribution in [3.8, 4) is 11.8 Å². The predicted molar refractivity (Wildman–Crippen MR) is 139 cm³/mol. The minimum atomic E-state index is -4.72. The Hall–Kier alpha value is -3.40. The molecule has 0 aliphatic carbocycles. The van der Waals surface area contributed by atoms with Crippen LogP contribution in [-0.4, -0.2) is 37.3 Å². The van der Waals surface area contributed by atoms with Crippen LogP contribution in [0.5, 0.6) is 5.75 Å². The molecule has 1 aliphatic rings. The molecule has 2 aromatic carbocycles. The average molecular weight is 602 g/mol. The van der Waals surface area contributed by atoms with Crippen molar-refractivity contribution in [3.63, 3.8) is 0 Å². The van der Waals surface area contributed by atoms with Crippen molar-refractivity contribution in [2.45, 2.75) is 19.0 Å². The third kappa shape index (κ3) is 6.98. The Labute approximate surface area is 235 Å². The Bertz CT molecular complexity index is 1380. The van der Waals surface area contributed by atoms with Crippen molar-refractivity contribution in [1.29, 1.82) is 5.26 Å². The highest BCUT2D eigenvalue weighted by molar-refractivity contribution is 8.03. The molecule has 1 aliphatic heterocycles. The maximum Gasteiger partial charge on any atom is 0.417 e. The van der Waals surface area contributed by atoms with Gasteiger partial charge >= 0.3 is 12.1 Å². The number of rotatable bonds is 8. The molecule has 0 saturated heterocycles. The highest BCUT2D eigenvalue weighted by atomic mass is 35.5. The summed E-state index contributed by atoms with van der Waals surface area (Å²) in [5.41, 5.74) is -0.941. The normalized spacial score (nSPS) is 17.2. The van der Waals surface area contributed by atoms with Crippen LogP contribution in [0.15, 0.2) is 47.0 Å². The molecule has 0 saturated carbocycles. The molecular formula is C25H20Cl2F3N3O5S. The molecule has 39 heavy (non-hydrogen) atoms. The summed E-state index contributed by atoms with van der Waals surface area (Å²) in [5.74, 6) is -4.92. The van der Waals surface area contributed by atoms with Crippen LogP contribution in [-0.2, 0) is 25.3 Å². The summed E-state index contributed by atoms with van der Waals surface area (Å²) in [4.78, 5) is 38.0. The molecule has 206 valence electrons. The first-order chi connectivity index (χ1) is 18.4. The van der Waals surface area contributed by atoms with E-state index >= 15 is 0 Å². The average Bonchev–Trinajstić information content (AvgIpc) is 2.88. The highest BCUT2D eigenvalue weighted by Crippen LogP contribution is 2.42. The van der Waals surface area contributed by atoms with Crippen LogP contribution in [0.1, 0.15) is 24.0 Å². The molecule has 8 nitrogen and oxygen atoms in total. The van der Waals surface area contributed by atoms with Crippen LogP contribution in [0.4, 0.5) is 18.9 Å². The van der Waals surface area contributed by atoms with Gasteiger partial charge in [0.2, 0.25) is 11.8 Å². The van der Waals surface area contributed by atoms with Crippen LogP contribution in [0.25, 0.3) is 0 Å². The van der Waals surface area contributed by atoms with Crippen LogP contribution >= 0.6 is 35.0 Å². The minimum Gasteiger partial charge on any atom is -0.492 e. The summed E-state index contributed by atoms with van der Waals surface area (Å²) < 4.78 is 49.6. The molecule has 2 atom stereocenters. The number of amides is 2. The molecule has 0 bridgehead atoms. The lowest BCUT2D eigenvalue weighted by molar-refractivity contribution is -0.150. The van der Waals surface area contributed by atoms with Gasteiger partial charge < -0.3 is 20.1 Å². The Morgan fingerprint density at radius 3 is 2.49 bits per heavy atom. The number of carbonyl (C=O) groups excluding carboxylic acids is 3. The fourth-order valence-electron chi connectivity index (χ4n) is 3.82. The van der Waals surface area contributed by atoms with E-state index in [0.717, 1.165) is 24.9 Å². The van der Waals surface area contributed by atoms with E-state index < -0.39 is 46.4 Å². The number of hydrogen-bond donors (Lipinski definition) is 2. The second-order valence-corrected chi connectivity index (χ2v) is 9.77. The zero-order valence-corrected chi connectivity index (χ0v) is 22.6. The van der Waals surface area contributed by atoms with E-state index in [4.69, 9.17) is 32.7 Å². The van der Waals surface area contributed by atoms with Gasteiger partial charge in [-0.05, 0) is 42.8 Å². The molecule has 0 spiro atoms. The van der Waals surface area contributed by atoms with Gasteiger partial charge in [-0.15, -0.1) is 0 Å². The summed E-state index contributed by atoms with van der Waals surface area (Å²) in [5, 5.41) is 14.4. The third-order valence-corrected chi connectivity index (χ3v) is 7.14. The van der Waals surface area contributed by atoms with E-state index in [1.54, 1.807) is 19.1 Å². The second kappa shape index (κ2) is 12.6. The number of nitrogens with zero attached hydrogens (tertiary/aromatic N) is 1. The summed E-state index contributed by atoms with van der Waals surface area (Å²) >= 11 is 12.7. The maximum absolute atomic E-state index is 13.1. The fraction of sp³-hybridized carbons (Fsp3) is 0.280. The summed E-state index contributed by atoms with van der Waals surface area (Å²) in [6.45, 7) is 2.11.